The SMILES string of the molecule is CCNC(=O)c1ccc(N)c(N2CC(C)OCC2C)c1. The Hall–Kier alpha value is -1.75. The molecule has 0 bridgehead atoms. The van der Waals surface area contributed by atoms with E-state index in [9.17, 15) is 4.79 Å². The molecule has 0 aromatic heterocycles. The first kappa shape index (κ1) is 14.7. The number of hydrogen-bond acceptors (Lipinski definition) is 4. The maximum atomic E-state index is 11.9. The van der Waals surface area contributed by atoms with Crippen LogP contribution in [0.1, 0.15) is 31.1 Å². The second-order valence-corrected chi connectivity index (χ2v) is 5.28. The van der Waals surface area contributed by atoms with E-state index in [1.807, 2.05) is 19.9 Å². The summed E-state index contributed by atoms with van der Waals surface area (Å²) in [5.74, 6) is -0.0669. The van der Waals surface area contributed by atoms with E-state index in [1.165, 1.54) is 0 Å². The smallest absolute Gasteiger partial charge is 0.251 e. The summed E-state index contributed by atoms with van der Waals surface area (Å²) in [6.07, 6.45) is 0.165. The zero-order chi connectivity index (χ0) is 14.7. The van der Waals surface area contributed by atoms with Gasteiger partial charge in [-0.25, -0.2) is 0 Å². The van der Waals surface area contributed by atoms with Crippen LogP contribution >= 0.6 is 0 Å². The van der Waals surface area contributed by atoms with Crippen LogP contribution in [0, 0.1) is 0 Å². The lowest BCUT2D eigenvalue weighted by atomic mass is 10.1. The molecule has 0 saturated carbocycles. The van der Waals surface area contributed by atoms with Crippen molar-refractivity contribution in [1.82, 2.24) is 5.32 Å². The molecule has 5 heteroatoms. The van der Waals surface area contributed by atoms with Crippen LogP contribution in [0.4, 0.5) is 11.4 Å². The lowest BCUT2D eigenvalue weighted by molar-refractivity contribution is 0.0344. The number of nitrogens with zero attached hydrogens (tertiary/aromatic N) is 1. The zero-order valence-electron chi connectivity index (χ0n) is 12.3. The van der Waals surface area contributed by atoms with E-state index in [-0.39, 0.29) is 18.1 Å². The largest absolute Gasteiger partial charge is 0.397 e. The first-order valence-corrected chi connectivity index (χ1v) is 7.09. The molecular formula is C15H23N3O2. The molecule has 1 aromatic rings. The summed E-state index contributed by atoms with van der Waals surface area (Å²) >= 11 is 0. The number of carbonyl (C=O) groups is 1. The molecular weight excluding hydrogens is 254 g/mol. The molecule has 5 nitrogen and oxygen atoms in total. The molecule has 2 unspecified atom stereocenters. The number of ether oxygens (including phenoxy) is 1. The number of nitrogens with one attached hydrogen (secondary N) is 1. The van der Waals surface area contributed by atoms with Gasteiger partial charge in [0.25, 0.3) is 5.91 Å². The van der Waals surface area contributed by atoms with Crippen molar-refractivity contribution < 1.29 is 9.53 Å². The van der Waals surface area contributed by atoms with Gasteiger partial charge in [-0.2, -0.15) is 0 Å². The van der Waals surface area contributed by atoms with Gasteiger partial charge < -0.3 is 20.7 Å². The van der Waals surface area contributed by atoms with Crippen LogP contribution in [-0.4, -0.2) is 37.7 Å². The maximum absolute atomic E-state index is 11.9. The molecule has 1 fully saturated rings. The first-order chi connectivity index (χ1) is 9.52. The van der Waals surface area contributed by atoms with Gasteiger partial charge in [-0.15, -0.1) is 0 Å². The third kappa shape index (κ3) is 3.04. The van der Waals surface area contributed by atoms with E-state index in [0.29, 0.717) is 24.4 Å². The Bertz CT molecular complexity index is 490. The molecule has 1 saturated heterocycles. The third-order valence-electron chi connectivity index (χ3n) is 3.55. The van der Waals surface area contributed by atoms with Crippen molar-refractivity contribution in [3.8, 4) is 0 Å². The van der Waals surface area contributed by atoms with Gasteiger partial charge in [-0.3, -0.25) is 4.79 Å². The highest BCUT2D eigenvalue weighted by molar-refractivity contribution is 5.96. The average molecular weight is 277 g/mol. The van der Waals surface area contributed by atoms with Gasteiger partial charge in [0.2, 0.25) is 0 Å². The molecule has 1 aliphatic rings. The lowest BCUT2D eigenvalue weighted by Crippen LogP contribution is -2.47. The van der Waals surface area contributed by atoms with Gasteiger partial charge in [-0.05, 0) is 39.0 Å². The number of amides is 1. The Labute approximate surface area is 120 Å². The molecule has 1 aromatic carbocycles. The van der Waals surface area contributed by atoms with E-state index in [0.717, 1.165) is 12.2 Å². The van der Waals surface area contributed by atoms with E-state index < -0.39 is 0 Å². The van der Waals surface area contributed by atoms with Crippen LogP contribution in [-0.2, 0) is 4.74 Å². The minimum Gasteiger partial charge on any atom is -0.397 e. The van der Waals surface area contributed by atoms with E-state index in [4.69, 9.17) is 10.5 Å². The molecule has 1 aliphatic heterocycles. The van der Waals surface area contributed by atoms with Gasteiger partial charge in [0.05, 0.1) is 24.1 Å². The van der Waals surface area contributed by atoms with Crippen molar-refractivity contribution in [1.29, 1.82) is 0 Å². The van der Waals surface area contributed by atoms with Crippen LogP contribution in [0.25, 0.3) is 0 Å². The predicted molar refractivity (Wildman–Crippen MR) is 81.1 cm³/mol. The van der Waals surface area contributed by atoms with Gasteiger partial charge >= 0.3 is 0 Å². The Kier molecular flexibility index (Phi) is 4.49. The van der Waals surface area contributed by atoms with Crippen molar-refractivity contribution in [3.63, 3.8) is 0 Å². The van der Waals surface area contributed by atoms with E-state index >= 15 is 0 Å². The van der Waals surface area contributed by atoms with Crippen LogP contribution in [0.3, 0.4) is 0 Å². The fourth-order valence-corrected chi connectivity index (χ4v) is 2.44. The molecule has 1 amide bonds. The summed E-state index contributed by atoms with van der Waals surface area (Å²) < 4.78 is 5.64. The molecule has 3 N–H and O–H groups in total. The van der Waals surface area contributed by atoms with Crippen LogP contribution in [0.15, 0.2) is 18.2 Å². The highest BCUT2D eigenvalue weighted by Crippen LogP contribution is 2.28. The number of carbonyl (C=O) groups excluding carboxylic acids is 1. The van der Waals surface area contributed by atoms with Crippen molar-refractivity contribution in [2.45, 2.75) is 32.9 Å². The Morgan fingerprint density at radius 3 is 2.95 bits per heavy atom. The molecule has 110 valence electrons. The number of benzene rings is 1. The fourth-order valence-electron chi connectivity index (χ4n) is 2.44. The van der Waals surface area contributed by atoms with E-state index in [2.05, 4.69) is 17.1 Å². The van der Waals surface area contributed by atoms with Crippen molar-refractivity contribution in [2.75, 3.05) is 30.3 Å². The lowest BCUT2D eigenvalue weighted by Gasteiger charge is -2.39. The normalized spacial score (nSPS) is 22.6. The third-order valence-corrected chi connectivity index (χ3v) is 3.55. The molecule has 2 rings (SSSR count). The Morgan fingerprint density at radius 1 is 1.50 bits per heavy atom. The van der Waals surface area contributed by atoms with Gasteiger partial charge in [-0.1, -0.05) is 0 Å². The number of nitrogens with two attached hydrogens (primary N) is 1. The standard InChI is InChI=1S/C15H23N3O2/c1-4-17-15(19)12-5-6-13(16)14(7-12)18-8-11(3)20-9-10(18)2/h5-7,10-11H,4,8-9,16H2,1-3H3,(H,17,19). The van der Waals surface area contributed by atoms with Crippen molar-refractivity contribution in [2.24, 2.45) is 0 Å². The second-order valence-electron chi connectivity index (χ2n) is 5.28. The highest BCUT2D eigenvalue weighted by atomic mass is 16.5. The van der Waals surface area contributed by atoms with Gasteiger partial charge in [0.15, 0.2) is 0 Å². The van der Waals surface area contributed by atoms with Gasteiger partial charge in [0, 0.05) is 24.7 Å². The Balaban J connectivity index is 2.30. The topological polar surface area (TPSA) is 67.6 Å². The minimum absolute atomic E-state index is 0.0669. The molecule has 20 heavy (non-hydrogen) atoms. The quantitative estimate of drug-likeness (QED) is 0.824. The number of hydrogen-bond donors (Lipinski definition) is 2. The summed E-state index contributed by atoms with van der Waals surface area (Å²) in [5.41, 5.74) is 8.34. The maximum Gasteiger partial charge on any atom is 0.251 e. The number of anilines is 2. The van der Waals surface area contributed by atoms with Crippen molar-refractivity contribution in [3.05, 3.63) is 23.8 Å². The molecule has 2 atom stereocenters. The summed E-state index contributed by atoms with van der Waals surface area (Å²) in [6, 6.07) is 5.68. The predicted octanol–water partition coefficient (Wildman–Crippen LogP) is 1.63. The first-order valence-electron chi connectivity index (χ1n) is 7.09. The van der Waals surface area contributed by atoms with Crippen LogP contribution in [0.5, 0.6) is 0 Å². The molecule has 1 heterocycles. The molecule has 0 radical (unpaired) electrons. The Morgan fingerprint density at radius 2 is 2.25 bits per heavy atom. The summed E-state index contributed by atoms with van der Waals surface area (Å²) in [7, 11) is 0. The van der Waals surface area contributed by atoms with Crippen LogP contribution < -0.4 is 16.0 Å². The van der Waals surface area contributed by atoms with Crippen LogP contribution in [0.2, 0.25) is 0 Å². The molecule has 0 aliphatic carbocycles. The van der Waals surface area contributed by atoms with E-state index in [1.54, 1.807) is 12.1 Å². The number of rotatable bonds is 3. The molecule has 0 spiro atoms. The highest BCUT2D eigenvalue weighted by Gasteiger charge is 2.25. The fraction of sp³-hybridized carbons (Fsp3) is 0.533. The average Bonchev–Trinajstić information content (AvgIpc) is 2.42. The number of nitrogen functional groups attached to an aromatic ring is 1. The summed E-state index contributed by atoms with van der Waals surface area (Å²) in [4.78, 5) is 14.2. The zero-order valence-corrected chi connectivity index (χ0v) is 12.3. The summed E-state index contributed by atoms with van der Waals surface area (Å²) in [5, 5.41) is 2.81. The minimum atomic E-state index is -0.0669. The van der Waals surface area contributed by atoms with Crippen molar-refractivity contribution >= 4 is 17.3 Å². The number of morpholine rings is 1. The monoisotopic (exact) mass is 277 g/mol. The summed E-state index contributed by atoms with van der Waals surface area (Å²) in [6.45, 7) is 8.12. The second kappa shape index (κ2) is 6.13. The van der Waals surface area contributed by atoms with Gasteiger partial charge in [0.1, 0.15) is 0 Å².